The van der Waals surface area contributed by atoms with E-state index in [4.69, 9.17) is 4.74 Å². The van der Waals surface area contributed by atoms with Crippen molar-refractivity contribution in [3.8, 4) is 5.75 Å². The highest BCUT2D eigenvalue weighted by atomic mass is 16.5. The van der Waals surface area contributed by atoms with Crippen LogP contribution in [0.1, 0.15) is 30.0 Å². The highest BCUT2D eigenvalue weighted by Gasteiger charge is 2.24. The molecule has 0 radical (unpaired) electrons. The molecule has 0 aliphatic heterocycles. The molecule has 2 rings (SSSR count). The Balaban J connectivity index is 2.51. The summed E-state index contributed by atoms with van der Waals surface area (Å²) in [6.07, 6.45) is 1.74. The second kappa shape index (κ2) is 5.44. The topological polar surface area (TPSA) is 56.9 Å². The summed E-state index contributed by atoms with van der Waals surface area (Å²) in [6, 6.07) is 2.10. The molecule has 2 aromatic heterocycles. The van der Waals surface area contributed by atoms with Gasteiger partial charge < -0.3 is 10.1 Å². The number of hydrogen-bond acceptors (Lipinski definition) is 4. The van der Waals surface area contributed by atoms with E-state index in [9.17, 15) is 0 Å². The van der Waals surface area contributed by atoms with E-state index in [0.29, 0.717) is 0 Å². The van der Waals surface area contributed by atoms with Crippen LogP contribution in [0.15, 0.2) is 12.3 Å². The number of ether oxygens (including phenoxy) is 1. The van der Waals surface area contributed by atoms with Crippen molar-refractivity contribution in [3.63, 3.8) is 0 Å². The van der Waals surface area contributed by atoms with Gasteiger partial charge in [-0.3, -0.25) is 9.36 Å². The summed E-state index contributed by atoms with van der Waals surface area (Å²) in [5, 5.41) is 12.2. The third-order valence-corrected chi connectivity index (χ3v) is 3.18. The van der Waals surface area contributed by atoms with Crippen molar-refractivity contribution in [2.75, 3.05) is 13.7 Å². The van der Waals surface area contributed by atoms with Gasteiger partial charge in [0.05, 0.1) is 30.7 Å². The Morgan fingerprint density at radius 2 is 2.11 bits per heavy atom. The minimum absolute atomic E-state index is 0.0126. The van der Waals surface area contributed by atoms with Gasteiger partial charge in [0.2, 0.25) is 0 Å². The maximum absolute atomic E-state index is 5.41. The molecule has 1 atom stereocenters. The van der Waals surface area contributed by atoms with E-state index in [-0.39, 0.29) is 6.04 Å². The number of nitrogens with one attached hydrogen (secondary N) is 1. The lowest BCUT2D eigenvalue weighted by atomic mass is 10.1. The van der Waals surface area contributed by atoms with Gasteiger partial charge in [0.25, 0.3) is 0 Å². The summed E-state index contributed by atoms with van der Waals surface area (Å²) in [7, 11) is 5.54. The summed E-state index contributed by atoms with van der Waals surface area (Å²) < 4.78 is 9.15. The van der Waals surface area contributed by atoms with Crippen LogP contribution in [0.4, 0.5) is 0 Å². The van der Waals surface area contributed by atoms with Crippen LogP contribution in [0.25, 0.3) is 0 Å². The Bertz CT molecular complexity index is 557. The van der Waals surface area contributed by atoms with E-state index < -0.39 is 0 Å². The third-order valence-electron chi connectivity index (χ3n) is 3.18. The van der Waals surface area contributed by atoms with Crippen molar-refractivity contribution in [1.82, 2.24) is 24.9 Å². The molecule has 2 aromatic rings. The summed E-state index contributed by atoms with van der Waals surface area (Å²) in [6.45, 7) is 4.93. The fraction of sp³-hybridized carbons (Fsp3) is 0.538. The molecule has 0 fully saturated rings. The van der Waals surface area contributed by atoms with Crippen LogP contribution in [0.3, 0.4) is 0 Å². The Labute approximate surface area is 113 Å². The van der Waals surface area contributed by atoms with E-state index in [2.05, 4.69) is 28.5 Å². The highest BCUT2D eigenvalue weighted by molar-refractivity contribution is 5.34. The lowest BCUT2D eigenvalue weighted by Gasteiger charge is -2.19. The molecular formula is C13H21N5O. The van der Waals surface area contributed by atoms with Crippen LogP contribution in [0.2, 0.25) is 0 Å². The fourth-order valence-corrected chi connectivity index (χ4v) is 2.36. The molecule has 1 N–H and O–H groups in total. The van der Waals surface area contributed by atoms with E-state index in [1.54, 1.807) is 13.3 Å². The van der Waals surface area contributed by atoms with Gasteiger partial charge >= 0.3 is 0 Å². The molecule has 6 heteroatoms. The van der Waals surface area contributed by atoms with E-state index >= 15 is 0 Å². The molecular weight excluding hydrogens is 242 g/mol. The number of methoxy groups -OCH3 is 1. The Hall–Kier alpha value is -1.82. The predicted octanol–water partition coefficient (Wildman–Crippen LogP) is 1.17. The van der Waals surface area contributed by atoms with Crippen LogP contribution >= 0.6 is 0 Å². The molecule has 0 amide bonds. The van der Waals surface area contributed by atoms with Gasteiger partial charge in [0, 0.05) is 14.1 Å². The molecule has 1 unspecified atom stereocenters. The molecule has 19 heavy (non-hydrogen) atoms. The summed E-state index contributed by atoms with van der Waals surface area (Å²) in [5.41, 5.74) is 3.11. The minimum atomic E-state index is 0.0126. The maximum Gasteiger partial charge on any atom is 0.161 e. The largest absolute Gasteiger partial charge is 0.493 e. The molecule has 0 aliphatic rings. The number of aryl methyl sites for hydroxylation is 3. The average molecular weight is 263 g/mol. The van der Waals surface area contributed by atoms with Gasteiger partial charge in [-0.1, -0.05) is 6.92 Å². The fourth-order valence-electron chi connectivity index (χ4n) is 2.36. The lowest BCUT2D eigenvalue weighted by Crippen LogP contribution is -2.26. The first-order valence-corrected chi connectivity index (χ1v) is 6.38. The molecule has 0 saturated carbocycles. The number of rotatable bonds is 5. The van der Waals surface area contributed by atoms with Gasteiger partial charge in [-0.15, -0.1) is 0 Å². The van der Waals surface area contributed by atoms with Crippen LogP contribution in [0.5, 0.6) is 5.75 Å². The van der Waals surface area contributed by atoms with Gasteiger partial charge in [-0.05, 0) is 19.5 Å². The van der Waals surface area contributed by atoms with Crippen molar-refractivity contribution in [2.24, 2.45) is 14.1 Å². The van der Waals surface area contributed by atoms with E-state index in [1.165, 1.54) is 0 Å². The molecule has 0 aromatic carbocycles. The quantitative estimate of drug-likeness (QED) is 0.880. The summed E-state index contributed by atoms with van der Waals surface area (Å²) in [4.78, 5) is 0. The summed E-state index contributed by atoms with van der Waals surface area (Å²) >= 11 is 0. The second-order valence-corrected chi connectivity index (χ2v) is 4.55. The average Bonchev–Trinajstić information content (AvgIpc) is 2.89. The minimum Gasteiger partial charge on any atom is -0.493 e. The number of aromatic nitrogens is 4. The zero-order chi connectivity index (χ0) is 14.0. The van der Waals surface area contributed by atoms with Crippen LogP contribution < -0.4 is 10.1 Å². The maximum atomic E-state index is 5.41. The van der Waals surface area contributed by atoms with Crippen molar-refractivity contribution in [2.45, 2.75) is 19.9 Å². The molecule has 104 valence electrons. The normalized spacial score (nSPS) is 12.7. The second-order valence-electron chi connectivity index (χ2n) is 4.55. The first-order valence-electron chi connectivity index (χ1n) is 6.38. The Morgan fingerprint density at radius 3 is 2.63 bits per heavy atom. The van der Waals surface area contributed by atoms with Crippen molar-refractivity contribution >= 4 is 0 Å². The standard InChI is InChI=1S/C13H21N5O/c1-6-14-12(10-7-9(2)16-17(10)3)13-11(19-5)8-15-18(13)4/h7-8,12,14H,6H2,1-5H3. The zero-order valence-electron chi connectivity index (χ0n) is 12.1. The molecule has 0 aliphatic carbocycles. The van der Waals surface area contributed by atoms with Crippen LogP contribution in [0, 0.1) is 6.92 Å². The number of nitrogens with zero attached hydrogens (tertiary/aromatic N) is 4. The van der Waals surface area contributed by atoms with Crippen LogP contribution in [-0.2, 0) is 14.1 Å². The van der Waals surface area contributed by atoms with Crippen molar-refractivity contribution < 1.29 is 4.74 Å². The van der Waals surface area contributed by atoms with Crippen LogP contribution in [-0.4, -0.2) is 33.2 Å². The van der Waals surface area contributed by atoms with E-state index in [0.717, 1.165) is 29.4 Å². The van der Waals surface area contributed by atoms with Gasteiger partial charge in [-0.25, -0.2) is 0 Å². The first kappa shape index (κ1) is 13.6. The summed E-state index contributed by atoms with van der Waals surface area (Å²) in [5.74, 6) is 0.785. The van der Waals surface area contributed by atoms with Crippen molar-refractivity contribution in [1.29, 1.82) is 0 Å². The monoisotopic (exact) mass is 263 g/mol. The Kier molecular flexibility index (Phi) is 3.90. The molecule has 0 spiro atoms. The predicted molar refractivity (Wildman–Crippen MR) is 73.2 cm³/mol. The zero-order valence-corrected chi connectivity index (χ0v) is 12.1. The van der Waals surface area contributed by atoms with E-state index in [1.807, 2.05) is 30.4 Å². The molecule has 6 nitrogen and oxygen atoms in total. The lowest BCUT2D eigenvalue weighted by molar-refractivity contribution is 0.399. The smallest absolute Gasteiger partial charge is 0.161 e. The molecule has 2 heterocycles. The van der Waals surface area contributed by atoms with Crippen molar-refractivity contribution in [3.05, 3.63) is 29.3 Å². The van der Waals surface area contributed by atoms with Gasteiger partial charge in [-0.2, -0.15) is 10.2 Å². The SMILES string of the molecule is CCNC(c1cc(C)nn1C)c1c(OC)cnn1C. The third kappa shape index (κ3) is 2.49. The highest BCUT2D eigenvalue weighted by Crippen LogP contribution is 2.29. The molecule has 0 bridgehead atoms. The molecule has 0 saturated heterocycles. The number of hydrogen-bond donors (Lipinski definition) is 1. The Morgan fingerprint density at radius 1 is 1.37 bits per heavy atom. The van der Waals surface area contributed by atoms with Gasteiger partial charge in [0.15, 0.2) is 5.75 Å². The van der Waals surface area contributed by atoms with Gasteiger partial charge in [0.1, 0.15) is 5.69 Å². The first-order chi connectivity index (χ1) is 9.08.